The summed E-state index contributed by atoms with van der Waals surface area (Å²) in [5.74, 6) is -1.38. The summed E-state index contributed by atoms with van der Waals surface area (Å²) in [5.41, 5.74) is 1.78. The number of fused-ring (bicyclic) bond motifs is 1. The Labute approximate surface area is 162 Å². The predicted molar refractivity (Wildman–Crippen MR) is 107 cm³/mol. The number of aliphatic carboxylic acids is 1. The van der Waals surface area contributed by atoms with Crippen LogP contribution in [0.25, 0.3) is 16.3 Å². The summed E-state index contributed by atoms with van der Waals surface area (Å²) in [6, 6.07) is 12.8. The minimum Gasteiger partial charge on any atom is -0.479 e. The van der Waals surface area contributed by atoms with Gasteiger partial charge in [-0.25, -0.2) is 4.79 Å². The minimum atomic E-state index is -1.05. The molecular formula is C21H21NO4S. The molecule has 1 unspecified atom stereocenters. The highest BCUT2D eigenvalue weighted by Crippen LogP contribution is 2.31. The van der Waals surface area contributed by atoms with Gasteiger partial charge in [-0.1, -0.05) is 61.2 Å². The molecule has 0 radical (unpaired) electrons. The molecule has 1 N–H and O–H groups in total. The van der Waals surface area contributed by atoms with E-state index in [0.29, 0.717) is 5.75 Å². The average Bonchev–Trinajstić information content (AvgIpc) is 3.10. The number of nitrogens with zero attached hydrogens (tertiary/aromatic N) is 1. The fourth-order valence-corrected chi connectivity index (χ4v) is 3.94. The smallest absolute Gasteiger partial charge is 0.330 e. The molecule has 0 fully saturated rings. The molecule has 1 amide bonds. The second-order valence-corrected chi connectivity index (χ2v) is 7.87. The predicted octanol–water partition coefficient (Wildman–Crippen LogP) is 3.43. The van der Waals surface area contributed by atoms with Crippen molar-refractivity contribution in [2.24, 2.45) is 5.92 Å². The Bertz CT molecular complexity index is 931. The zero-order valence-corrected chi connectivity index (χ0v) is 16.0. The molecule has 0 aliphatic carbocycles. The van der Waals surface area contributed by atoms with Gasteiger partial charge in [-0.2, -0.15) is 0 Å². The van der Waals surface area contributed by atoms with E-state index in [9.17, 15) is 19.5 Å². The highest BCUT2D eigenvalue weighted by molar-refractivity contribution is 8.13. The third kappa shape index (κ3) is 4.06. The van der Waals surface area contributed by atoms with Crippen molar-refractivity contribution in [2.75, 3.05) is 12.3 Å². The molecule has 3 rings (SSSR count). The fraction of sp³-hybridized carbons (Fsp3) is 0.286. The SMILES string of the molecule is CC(=O)SC[C@@H](C)C(=O)N1CC(c2cccc3ccccc23)=CC1C(=O)O. The topological polar surface area (TPSA) is 74.7 Å². The number of amides is 1. The van der Waals surface area contributed by atoms with E-state index in [1.165, 1.54) is 11.8 Å². The van der Waals surface area contributed by atoms with Gasteiger partial charge in [-0.05, 0) is 28.0 Å². The molecule has 0 saturated heterocycles. The maximum atomic E-state index is 12.8. The Balaban J connectivity index is 1.89. The molecule has 0 spiro atoms. The number of carbonyl (C=O) groups is 3. The highest BCUT2D eigenvalue weighted by atomic mass is 32.2. The molecule has 2 atom stereocenters. The summed E-state index contributed by atoms with van der Waals surface area (Å²) in [5, 5.41) is 11.7. The Morgan fingerprint density at radius 1 is 1.19 bits per heavy atom. The molecule has 2 aromatic rings. The lowest BCUT2D eigenvalue weighted by molar-refractivity contribution is -0.148. The van der Waals surface area contributed by atoms with E-state index in [1.807, 2.05) is 42.5 Å². The monoisotopic (exact) mass is 383 g/mol. The molecule has 1 heterocycles. The molecule has 0 bridgehead atoms. The molecule has 1 aliphatic rings. The molecule has 5 nitrogen and oxygen atoms in total. The van der Waals surface area contributed by atoms with Gasteiger partial charge >= 0.3 is 5.97 Å². The Morgan fingerprint density at radius 3 is 2.59 bits per heavy atom. The standard InChI is InChI=1S/C21H21NO4S/c1-13(12-27-14(2)23)20(24)22-11-16(10-19(22)21(25)26)18-9-5-7-15-6-3-4-8-17(15)18/h3-10,13,19H,11-12H2,1-2H3,(H,25,26)/t13-,19?/m1/s1. The van der Waals surface area contributed by atoms with Crippen LogP contribution >= 0.6 is 11.8 Å². The Kier molecular flexibility index (Phi) is 5.65. The first-order chi connectivity index (χ1) is 12.9. The van der Waals surface area contributed by atoms with Gasteiger partial charge in [0.15, 0.2) is 5.12 Å². The van der Waals surface area contributed by atoms with Crippen LogP contribution in [0.15, 0.2) is 48.5 Å². The van der Waals surface area contributed by atoms with Crippen molar-refractivity contribution in [3.8, 4) is 0 Å². The maximum Gasteiger partial charge on any atom is 0.330 e. The summed E-state index contributed by atoms with van der Waals surface area (Å²) < 4.78 is 0. The summed E-state index contributed by atoms with van der Waals surface area (Å²) in [6.07, 6.45) is 1.66. The highest BCUT2D eigenvalue weighted by Gasteiger charge is 2.36. The first-order valence-electron chi connectivity index (χ1n) is 8.74. The van der Waals surface area contributed by atoms with Crippen LogP contribution in [0.1, 0.15) is 19.4 Å². The lowest BCUT2D eigenvalue weighted by Gasteiger charge is -2.25. The van der Waals surface area contributed by atoms with Crippen molar-refractivity contribution in [3.63, 3.8) is 0 Å². The quantitative estimate of drug-likeness (QED) is 0.856. The number of carboxylic acids is 1. The van der Waals surface area contributed by atoms with Gasteiger partial charge < -0.3 is 10.0 Å². The van der Waals surface area contributed by atoms with Crippen molar-refractivity contribution < 1.29 is 19.5 Å². The lowest BCUT2D eigenvalue weighted by Crippen LogP contribution is -2.44. The van der Waals surface area contributed by atoms with Crippen LogP contribution in [-0.4, -0.2) is 45.3 Å². The summed E-state index contributed by atoms with van der Waals surface area (Å²) >= 11 is 1.08. The van der Waals surface area contributed by atoms with E-state index in [2.05, 4.69) is 0 Å². The van der Waals surface area contributed by atoms with E-state index in [0.717, 1.165) is 33.7 Å². The van der Waals surface area contributed by atoms with Crippen LogP contribution in [0, 0.1) is 5.92 Å². The van der Waals surface area contributed by atoms with Crippen LogP contribution in [0.3, 0.4) is 0 Å². The normalized spacial score (nSPS) is 17.6. The lowest BCUT2D eigenvalue weighted by atomic mass is 9.98. The van der Waals surface area contributed by atoms with Crippen molar-refractivity contribution >= 4 is 45.1 Å². The molecule has 140 valence electrons. The number of carbonyl (C=O) groups excluding carboxylic acids is 2. The van der Waals surface area contributed by atoms with E-state index >= 15 is 0 Å². The Morgan fingerprint density at radius 2 is 1.89 bits per heavy atom. The van der Waals surface area contributed by atoms with Crippen LogP contribution in [0.5, 0.6) is 0 Å². The summed E-state index contributed by atoms with van der Waals surface area (Å²) in [7, 11) is 0. The number of carboxylic acid groups (broad SMARTS) is 1. The van der Waals surface area contributed by atoms with E-state index < -0.39 is 17.9 Å². The first kappa shape index (κ1) is 19.2. The van der Waals surface area contributed by atoms with E-state index in [-0.39, 0.29) is 17.6 Å². The van der Waals surface area contributed by atoms with Gasteiger partial charge in [0.1, 0.15) is 6.04 Å². The second-order valence-electron chi connectivity index (χ2n) is 6.67. The number of hydrogen-bond donors (Lipinski definition) is 1. The van der Waals surface area contributed by atoms with Gasteiger partial charge in [-0.15, -0.1) is 0 Å². The largest absolute Gasteiger partial charge is 0.479 e. The number of benzene rings is 2. The Hall–Kier alpha value is -2.60. The van der Waals surface area contributed by atoms with Gasteiger partial charge in [0, 0.05) is 25.1 Å². The molecule has 0 aromatic heterocycles. The zero-order valence-electron chi connectivity index (χ0n) is 15.2. The van der Waals surface area contributed by atoms with Crippen molar-refractivity contribution in [2.45, 2.75) is 19.9 Å². The molecule has 2 aromatic carbocycles. The van der Waals surface area contributed by atoms with Crippen molar-refractivity contribution in [1.82, 2.24) is 4.90 Å². The third-order valence-electron chi connectivity index (χ3n) is 4.67. The molecule has 1 aliphatic heterocycles. The molecular weight excluding hydrogens is 362 g/mol. The zero-order chi connectivity index (χ0) is 19.6. The molecule has 6 heteroatoms. The average molecular weight is 383 g/mol. The first-order valence-corrected chi connectivity index (χ1v) is 9.72. The van der Waals surface area contributed by atoms with Gasteiger partial charge in [0.2, 0.25) is 5.91 Å². The summed E-state index contributed by atoms with van der Waals surface area (Å²) in [4.78, 5) is 37.1. The number of thioether (sulfide) groups is 1. The van der Waals surface area contributed by atoms with E-state index in [1.54, 1.807) is 13.0 Å². The maximum absolute atomic E-state index is 12.8. The van der Waals surface area contributed by atoms with Crippen LogP contribution in [0.4, 0.5) is 0 Å². The number of rotatable bonds is 5. The van der Waals surface area contributed by atoms with Gasteiger partial charge in [0.05, 0.1) is 0 Å². The molecule has 27 heavy (non-hydrogen) atoms. The minimum absolute atomic E-state index is 0.0552. The van der Waals surface area contributed by atoms with E-state index in [4.69, 9.17) is 0 Å². The van der Waals surface area contributed by atoms with Gasteiger partial charge in [-0.3, -0.25) is 9.59 Å². The van der Waals surface area contributed by atoms with Crippen LogP contribution in [-0.2, 0) is 14.4 Å². The van der Waals surface area contributed by atoms with Crippen molar-refractivity contribution in [3.05, 3.63) is 54.1 Å². The summed E-state index contributed by atoms with van der Waals surface area (Å²) in [6.45, 7) is 3.43. The fourth-order valence-electron chi connectivity index (χ4n) is 3.31. The van der Waals surface area contributed by atoms with Crippen molar-refractivity contribution in [1.29, 1.82) is 0 Å². The number of hydrogen-bond acceptors (Lipinski definition) is 4. The molecule has 0 saturated carbocycles. The van der Waals surface area contributed by atoms with Crippen LogP contribution in [0.2, 0.25) is 0 Å². The third-order valence-corrected chi connectivity index (χ3v) is 5.74. The van der Waals surface area contributed by atoms with Gasteiger partial charge in [0.25, 0.3) is 0 Å². The second kappa shape index (κ2) is 7.96. The van der Waals surface area contributed by atoms with Crippen LogP contribution < -0.4 is 0 Å².